The number of carbonyl (C=O) groups is 1. The molecule has 23 heavy (non-hydrogen) atoms. The minimum atomic E-state index is -0.321. The second kappa shape index (κ2) is 9.77. The number of aliphatic hydroxyl groups is 1. The third-order valence-corrected chi connectivity index (χ3v) is 3.32. The highest BCUT2D eigenvalue weighted by molar-refractivity contribution is 5.91. The van der Waals surface area contributed by atoms with Crippen LogP contribution in [0, 0.1) is 0 Å². The van der Waals surface area contributed by atoms with Crippen LogP contribution in [0.25, 0.3) is 11.1 Å². The molecule has 1 N–H and O–H groups in total. The van der Waals surface area contributed by atoms with Crippen LogP contribution in [0.3, 0.4) is 0 Å². The molecule has 122 valence electrons. The van der Waals surface area contributed by atoms with E-state index >= 15 is 0 Å². The van der Waals surface area contributed by atoms with Gasteiger partial charge in [0, 0.05) is 26.2 Å². The third-order valence-electron chi connectivity index (χ3n) is 3.32. The van der Waals surface area contributed by atoms with Crippen LogP contribution < -0.4 is 0 Å². The molecule has 2 aromatic rings. The number of esters is 1. The molecular weight excluding hydrogens is 292 g/mol. The van der Waals surface area contributed by atoms with Crippen molar-refractivity contribution < 1.29 is 19.4 Å². The van der Waals surface area contributed by atoms with E-state index in [1.165, 1.54) is 0 Å². The molecule has 2 rings (SSSR count). The Labute approximate surface area is 136 Å². The van der Waals surface area contributed by atoms with Gasteiger partial charge in [-0.15, -0.1) is 0 Å². The number of hydrogen-bond donors (Lipinski definition) is 1. The highest BCUT2D eigenvalue weighted by Gasteiger charge is 2.08. The molecule has 0 aliphatic carbocycles. The summed E-state index contributed by atoms with van der Waals surface area (Å²) in [7, 11) is 0. The van der Waals surface area contributed by atoms with Gasteiger partial charge in [0.15, 0.2) is 0 Å². The Morgan fingerprint density at radius 1 is 0.870 bits per heavy atom. The number of hydrogen-bond acceptors (Lipinski definition) is 4. The smallest absolute Gasteiger partial charge is 0.338 e. The highest BCUT2D eigenvalue weighted by atomic mass is 16.5. The zero-order chi connectivity index (χ0) is 16.3. The van der Waals surface area contributed by atoms with Crippen LogP contribution in [-0.2, 0) is 9.47 Å². The first-order chi connectivity index (χ1) is 11.3. The van der Waals surface area contributed by atoms with E-state index in [-0.39, 0.29) is 12.6 Å². The topological polar surface area (TPSA) is 55.8 Å². The Bertz CT molecular complexity index is 595. The van der Waals surface area contributed by atoms with Crippen molar-refractivity contribution in [3.05, 3.63) is 60.2 Å². The van der Waals surface area contributed by atoms with Crippen LogP contribution in [0.1, 0.15) is 23.2 Å². The summed E-state index contributed by atoms with van der Waals surface area (Å²) < 4.78 is 10.5. The molecule has 0 bridgehead atoms. The van der Waals surface area contributed by atoms with Gasteiger partial charge in [0.25, 0.3) is 0 Å². The molecule has 0 fully saturated rings. The SMILES string of the molecule is O=C(OCCCOCCCO)c1cccc(-c2ccccc2)c1. The fourth-order valence-corrected chi connectivity index (χ4v) is 2.13. The van der Waals surface area contributed by atoms with Crippen LogP contribution in [0.4, 0.5) is 0 Å². The van der Waals surface area contributed by atoms with E-state index in [0.717, 1.165) is 11.1 Å². The predicted molar refractivity (Wildman–Crippen MR) is 89.3 cm³/mol. The third kappa shape index (κ3) is 5.85. The van der Waals surface area contributed by atoms with E-state index in [1.54, 1.807) is 6.07 Å². The summed E-state index contributed by atoms with van der Waals surface area (Å²) in [6, 6.07) is 17.3. The van der Waals surface area contributed by atoms with Crippen molar-refractivity contribution in [3.63, 3.8) is 0 Å². The van der Waals surface area contributed by atoms with E-state index in [9.17, 15) is 4.79 Å². The first-order valence-corrected chi connectivity index (χ1v) is 7.82. The molecule has 4 nitrogen and oxygen atoms in total. The fraction of sp³-hybridized carbons (Fsp3) is 0.316. The van der Waals surface area contributed by atoms with Crippen LogP contribution in [-0.4, -0.2) is 37.5 Å². The van der Waals surface area contributed by atoms with Gasteiger partial charge in [0.05, 0.1) is 12.2 Å². The Morgan fingerprint density at radius 2 is 1.61 bits per heavy atom. The van der Waals surface area contributed by atoms with Crippen LogP contribution >= 0.6 is 0 Å². The lowest BCUT2D eigenvalue weighted by Gasteiger charge is -2.07. The van der Waals surface area contributed by atoms with E-state index in [0.29, 0.717) is 38.2 Å². The first-order valence-electron chi connectivity index (χ1n) is 7.82. The first kappa shape index (κ1) is 17.2. The van der Waals surface area contributed by atoms with Gasteiger partial charge < -0.3 is 14.6 Å². The summed E-state index contributed by atoms with van der Waals surface area (Å²) in [5.74, 6) is -0.321. The average molecular weight is 314 g/mol. The van der Waals surface area contributed by atoms with Gasteiger partial charge in [-0.1, -0.05) is 42.5 Å². The zero-order valence-electron chi connectivity index (χ0n) is 13.1. The standard InChI is InChI=1S/C19H22O4/c20-11-5-12-22-13-6-14-23-19(21)18-10-4-9-17(15-18)16-7-2-1-3-8-16/h1-4,7-10,15,20H,5-6,11-14H2. The maximum atomic E-state index is 12.1. The van der Waals surface area contributed by atoms with Gasteiger partial charge in [-0.2, -0.15) is 0 Å². The molecule has 0 amide bonds. The van der Waals surface area contributed by atoms with E-state index in [1.807, 2.05) is 48.5 Å². The minimum absolute atomic E-state index is 0.132. The monoisotopic (exact) mass is 314 g/mol. The molecule has 0 saturated carbocycles. The van der Waals surface area contributed by atoms with Crippen molar-refractivity contribution in [2.24, 2.45) is 0 Å². The Kier molecular flexibility index (Phi) is 7.30. The Balaban J connectivity index is 1.81. The van der Waals surface area contributed by atoms with Crippen molar-refractivity contribution in [3.8, 4) is 11.1 Å². The lowest BCUT2D eigenvalue weighted by Crippen LogP contribution is -2.09. The molecule has 2 aromatic carbocycles. The maximum absolute atomic E-state index is 12.1. The number of rotatable bonds is 9. The summed E-state index contributed by atoms with van der Waals surface area (Å²) in [6.45, 7) is 1.52. The minimum Gasteiger partial charge on any atom is -0.462 e. The average Bonchev–Trinajstić information content (AvgIpc) is 2.61. The molecule has 0 aliphatic rings. The summed E-state index contributed by atoms with van der Waals surface area (Å²) in [4.78, 5) is 12.1. The summed E-state index contributed by atoms with van der Waals surface area (Å²) in [5, 5.41) is 8.62. The lowest BCUT2D eigenvalue weighted by atomic mass is 10.0. The molecule has 0 spiro atoms. The molecule has 0 aromatic heterocycles. The fourth-order valence-electron chi connectivity index (χ4n) is 2.13. The van der Waals surface area contributed by atoms with Gasteiger partial charge >= 0.3 is 5.97 Å². The van der Waals surface area contributed by atoms with Crippen LogP contribution in [0.2, 0.25) is 0 Å². The van der Waals surface area contributed by atoms with Crippen LogP contribution in [0.15, 0.2) is 54.6 Å². The molecule has 0 unspecified atom stereocenters. The number of carbonyl (C=O) groups excluding carboxylic acids is 1. The molecule has 0 heterocycles. The summed E-state index contributed by atoms with van der Waals surface area (Å²) in [6.07, 6.45) is 1.28. The quantitative estimate of drug-likeness (QED) is 0.570. The normalized spacial score (nSPS) is 10.5. The van der Waals surface area contributed by atoms with Crippen molar-refractivity contribution >= 4 is 5.97 Å². The number of ether oxygens (including phenoxy) is 2. The predicted octanol–water partition coefficient (Wildman–Crippen LogP) is 3.30. The van der Waals surface area contributed by atoms with Crippen molar-refractivity contribution in [1.82, 2.24) is 0 Å². The van der Waals surface area contributed by atoms with E-state index in [2.05, 4.69) is 0 Å². The summed E-state index contributed by atoms with van der Waals surface area (Å²) >= 11 is 0. The zero-order valence-corrected chi connectivity index (χ0v) is 13.1. The Morgan fingerprint density at radius 3 is 2.39 bits per heavy atom. The Hall–Kier alpha value is -2.17. The largest absolute Gasteiger partial charge is 0.462 e. The van der Waals surface area contributed by atoms with Crippen molar-refractivity contribution in [1.29, 1.82) is 0 Å². The van der Waals surface area contributed by atoms with Gasteiger partial charge in [-0.3, -0.25) is 0 Å². The molecule has 0 atom stereocenters. The van der Waals surface area contributed by atoms with Crippen molar-refractivity contribution in [2.75, 3.05) is 26.4 Å². The number of aliphatic hydroxyl groups excluding tert-OH is 1. The second-order valence-corrected chi connectivity index (χ2v) is 5.13. The van der Waals surface area contributed by atoms with Gasteiger partial charge in [0.1, 0.15) is 0 Å². The lowest BCUT2D eigenvalue weighted by molar-refractivity contribution is 0.0438. The summed E-state index contributed by atoms with van der Waals surface area (Å²) in [5.41, 5.74) is 2.61. The molecule has 0 radical (unpaired) electrons. The van der Waals surface area contributed by atoms with E-state index in [4.69, 9.17) is 14.6 Å². The van der Waals surface area contributed by atoms with Crippen molar-refractivity contribution in [2.45, 2.75) is 12.8 Å². The van der Waals surface area contributed by atoms with E-state index < -0.39 is 0 Å². The van der Waals surface area contributed by atoms with Crippen LogP contribution in [0.5, 0.6) is 0 Å². The van der Waals surface area contributed by atoms with Gasteiger partial charge in [-0.25, -0.2) is 4.79 Å². The highest BCUT2D eigenvalue weighted by Crippen LogP contribution is 2.20. The molecule has 0 saturated heterocycles. The molecular formula is C19H22O4. The second-order valence-electron chi connectivity index (χ2n) is 5.13. The number of benzene rings is 2. The maximum Gasteiger partial charge on any atom is 0.338 e. The molecule has 0 aliphatic heterocycles. The van der Waals surface area contributed by atoms with Gasteiger partial charge in [-0.05, 0) is 29.7 Å². The molecule has 4 heteroatoms. The van der Waals surface area contributed by atoms with Gasteiger partial charge in [0.2, 0.25) is 0 Å².